The zero-order valence-corrected chi connectivity index (χ0v) is 43.6. The van der Waals surface area contributed by atoms with Gasteiger partial charge >= 0.3 is 0 Å². The van der Waals surface area contributed by atoms with Gasteiger partial charge in [-0.25, -0.2) is 0 Å². The molecule has 3 aromatic heterocycles. The molecule has 0 fully saturated rings. The van der Waals surface area contributed by atoms with Gasteiger partial charge in [0.1, 0.15) is 5.82 Å². The van der Waals surface area contributed by atoms with Gasteiger partial charge in [-0.15, -0.1) is 11.3 Å². The predicted molar refractivity (Wildman–Crippen MR) is 314 cm³/mol. The standard InChI is InChI=1S/C67H57BN4S/c1-65(2,3)42-29-33-44(34-30-42)70(45-35-31-43(32-36-45)66(4,5)6)47-37-38-53-59(41-47)71(58-27-16-22-51-49-20-10-12-28-60(49)73-63(51)58)56-25-17-26-57-62(56)68(53)54-40-46-18-13-14-39-69(46)64(54)72(57)55-24-15-21-50-48-19-9-11-23-52(48)67(7,8)61(50)55/h9-41H,1-8H3. The Labute approximate surface area is 433 Å². The van der Waals surface area contributed by atoms with Crippen LogP contribution in [0.4, 0.5) is 51.3 Å². The van der Waals surface area contributed by atoms with Crippen LogP contribution in [0, 0.1) is 0 Å². The van der Waals surface area contributed by atoms with E-state index >= 15 is 0 Å². The minimum atomic E-state index is -0.223. The smallest absolute Gasteiger partial charge is 0.254 e. The van der Waals surface area contributed by atoms with Gasteiger partial charge in [0.25, 0.3) is 6.71 Å². The van der Waals surface area contributed by atoms with Crippen LogP contribution in [0.15, 0.2) is 200 Å². The van der Waals surface area contributed by atoms with Crippen LogP contribution in [-0.4, -0.2) is 11.1 Å². The zero-order chi connectivity index (χ0) is 49.7. The predicted octanol–water partition coefficient (Wildman–Crippen LogP) is 16.8. The van der Waals surface area contributed by atoms with Crippen molar-refractivity contribution in [3.63, 3.8) is 0 Å². The van der Waals surface area contributed by atoms with Gasteiger partial charge in [-0.3, -0.25) is 4.90 Å². The molecule has 5 heterocycles. The number of hydrogen-bond donors (Lipinski definition) is 0. The molecule has 0 atom stereocenters. The van der Waals surface area contributed by atoms with E-state index in [1.54, 1.807) is 0 Å². The number of pyridine rings is 1. The summed E-state index contributed by atoms with van der Waals surface area (Å²) in [5, 5.41) is 2.58. The SMILES string of the molecule is CC(C)(C)c1ccc(N(c2ccc(C(C)(C)C)cc2)c2ccc3c(c2)N(c2cccc4c2sc2ccccc24)c2cccc4c2B3c2cc3ccccn3c2N4c2cccc3c2C(C)(C)c2ccccc2-3)cc1. The van der Waals surface area contributed by atoms with Crippen molar-refractivity contribution in [2.24, 2.45) is 0 Å². The van der Waals surface area contributed by atoms with Gasteiger partial charge in [0.15, 0.2) is 0 Å². The van der Waals surface area contributed by atoms with Crippen molar-refractivity contribution in [2.45, 2.75) is 71.6 Å². The summed E-state index contributed by atoms with van der Waals surface area (Å²) in [7, 11) is 0. The van der Waals surface area contributed by atoms with Crippen molar-refractivity contribution in [1.82, 2.24) is 4.40 Å². The maximum atomic E-state index is 2.62. The Morgan fingerprint density at radius 2 is 1.07 bits per heavy atom. The van der Waals surface area contributed by atoms with E-state index in [1.807, 2.05) is 11.3 Å². The molecule has 0 bridgehead atoms. The molecular formula is C67H57BN4S. The van der Waals surface area contributed by atoms with Gasteiger partial charge in [0.2, 0.25) is 0 Å². The van der Waals surface area contributed by atoms with Crippen LogP contribution in [0.1, 0.15) is 77.6 Å². The highest BCUT2D eigenvalue weighted by Gasteiger charge is 2.47. The first-order chi connectivity index (χ1) is 35.3. The molecule has 4 nitrogen and oxygen atoms in total. The highest BCUT2D eigenvalue weighted by Crippen LogP contribution is 2.56. The average Bonchev–Trinajstić information content (AvgIpc) is 4.05. The molecule has 0 radical (unpaired) electrons. The van der Waals surface area contributed by atoms with Crippen molar-refractivity contribution >= 4 is 111 Å². The van der Waals surface area contributed by atoms with E-state index in [9.17, 15) is 0 Å². The first kappa shape index (κ1) is 43.9. The molecule has 0 saturated heterocycles. The second-order valence-electron chi connectivity index (χ2n) is 23.0. The summed E-state index contributed by atoms with van der Waals surface area (Å²) in [5.74, 6) is 1.19. The summed E-state index contributed by atoms with van der Waals surface area (Å²) in [6, 6.07) is 73.8. The number of fused-ring (bicyclic) bond motifs is 12. The van der Waals surface area contributed by atoms with Crippen LogP contribution in [0.5, 0.6) is 0 Å². The van der Waals surface area contributed by atoms with Gasteiger partial charge in [0.05, 0.1) is 16.1 Å². The molecule has 0 N–H and O–H groups in total. The molecule has 2 aliphatic heterocycles. The molecule has 0 saturated carbocycles. The number of aromatic nitrogens is 1. The van der Waals surface area contributed by atoms with E-state index in [1.165, 1.54) is 110 Å². The Bertz CT molecular complexity index is 3990. The summed E-state index contributed by atoms with van der Waals surface area (Å²) in [4.78, 5) is 7.69. The molecule has 1 aliphatic carbocycles. The average molecular weight is 961 g/mol. The fourth-order valence-electron chi connectivity index (χ4n) is 12.7. The first-order valence-corrected chi connectivity index (χ1v) is 26.7. The lowest BCUT2D eigenvalue weighted by molar-refractivity contribution is 0.590. The van der Waals surface area contributed by atoms with Crippen LogP contribution >= 0.6 is 11.3 Å². The lowest BCUT2D eigenvalue weighted by Gasteiger charge is -2.44. The highest BCUT2D eigenvalue weighted by atomic mass is 32.1. The van der Waals surface area contributed by atoms with Gasteiger partial charge in [-0.1, -0.05) is 165 Å². The van der Waals surface area contributed by atoms with Crippen LogP contribution < -0.4 is 31.1 Å². The Hall–Kier alpha value is -7.80. The minimum Gasteiger partial charge on any atom is -0.310 e. The summed E-state index contributed by atoms with van der Waals surface area (Å²) in [6.07, 6.45) is 2.26. The zero-order valence-electron chi connectivity index (χ0n) is 42.8. The number of benzene rings is 8. The van der Waals surface area contributed by atoms with Crippen molar-refractivity contribution in [2.75, 3.05) is 14.7 Å². The number of nitrogens with zero attached hydrogens (tertiary/aromatic N) is 4. The largest absolute Gasteiger partial charge is 0.310 e. The van der Waals surface area contributed by atoms with Gasteiger partial charge in [-0.2, -0.15) is 0 Å². The topological polar surface area (TPSA) is 14.1 Å². The van der Waals surface area contributed by atoms with E-state index in [2.05, 4.69) is 275 Å². The number of anilines is 9. The van der Waals surface area contributed by atoms with Gasteiger partial charge < -0.3 is 14.2 Å². The van der Waals surface area contributed by atoms with Crippen LogP contribution in [0.25, 0.3) is 36.8 Å². The fourth-order valence-corrected chi connectivity index (χ4v) is 13.9. The quantitative estimate of drug-likeness (QED) is 0.160. The van der Waals surface area contributed by atoms with E-state index in [0.29, 0.717) is 0 Å². The number of hydrogen-bond acceptors (Lipinski definition) is 4. The maximum Gasteiger partial charge on any atom is 0.254 e. The third kappa shape index (κ3) is 6.45. The van der Waals surface area contributed by atoms with Crippen molar-refractivity contribution in [3.05, 3.63) is 223 Å². The summed E-state index contributed by atoms with van der Waals surface area (Å²) in [6.45, 7) is 18.5. The molecule has 0 spiro atoms. The van der Waals surface area contributed by atoms with Crippen molar-refractivity contribution in [3.8, 4) is 11.1 Å². The summed E-state index contributed by atoms with van der Waals surface area (Å²) >= 11 is 1.90. The molecule has 14 rings (SSSR count). The highest BCUT2D eigenvalue weighted by molar-refractivity contribution is 7.26. The van der Waals surface area contributed by atoms with Crippen molar-refractivity contribution < 1.29 is 0 Å². The number of thiophene rings is 1. The minimum absolute atomic E-state index is 0.0317. The first-order valence-electron chi connectivity index (χ1n) is 25.9. The third-order valence-electron chi connectivity index (χ3n) is 16.3. The van der Waals surface area contributed by atoms with Crippen LogP contribution in [0.3, 0.4) is 0 Å². The maximum absolute atomic E-state index is 2.62. The molecule has 11 aromatic rings. The Balaban J connectivity index is 1.05. The molecule has 8 aromatic carbocycles. The lowest BCUT2D eigenvalue weighted by atomic mass is 9.34. The van der Waals surface area contributed by atoms with Gasteiger partial charge in [-0.05, 0) is 146 Å². The Morgan fingerprint density at radius 3 is 1.81 bits per heavy atom. The van der Waals surface area contributed by atoms with Gasteiger partial charge in [0, 0.05) is 66.7 Å². The molecule has 0 amide bonds. The molecule has 3 aliphatic rings. The van der Waals surface area contributed by atoms with Crippen molar-refractivity contribution in [1.29, 1.82) is 0 Å². The normalized spacial score (nSPS) is 14.3. The van der Waals surface area contributed by atoms with E-state index < -0.39 is 0 Å². The summed E-state index contributed by atoms with van der Waals surface area (Å²) in [5.41, 5.74) is 22.3. The molecule has 0 unspecified atom stereocenters. The Morgan fingerprint density at radius 1 is 0.479 bits per heavy atom. The Kier molecular flexibility index (Phi) is 9.39. The lowest BCUT2D eigenvalue weighted by Crippen LogP contribution is -2.61. The molecular weight excluding hydrogens is 904 g/mol. The third-order valence-corrected chi connectivity index (χ3v) is 17.5. The monoisotopic (exact) mass is 960 g/mol. The number of rotatable bonds is 5. The second-order valence-corrected chi connectivity index (χ2v) is 24.1. The van der Waals surface area contributed by atoms with Crippen LogP contribution in [0.2, 0.25) is 0 Å². The van der Waals surface area contributed by atoms with E-state index in [0.717, 1.165) is 17.1 Å². The fraction of sp³-hybridized carbons (Fsp3) is 0.164. The second kappa shape index (κ2) is 15.6. The molecule has 354 valence electrons. The molecule has 6 heteroatoms. The molecule has 73 heavy (non-hydrogen) atoms. The van der Waals surface area contributed by atoms with E-state index in [-0.39, 0.29) is 23.0 Å². The van der Waals surface area contributed by atoms with Crippen LogP contribution in [-0.2, 0) is 16.2 Å². The summed E-state index contributed by atoms with van der Waals surface area (Å²) < 4.78 is 5.01. The van der Waals surface area contributed by atoms with E-state index in [4.69, 9.17) is 0 Å².